The minimum Gasteiger partial charge on any atom is -0.493 e. The molecule has 0 bridgehead atoms. The Labute approximate surface area is 150 Å². The van der Waals surface area contributed by atoms with Crippen LogP contribution in [0.2, 0.25) is 5.02 Å². The van der Waals surface area contributed by atoms with Gasteiger partial charge in [-0.1, -0.05) is 29.8 Å². The normalized spacial score (nSPS) is 15.1. The molecule has 128 valence electrons. The molecule has 3 rings (SSSR count). The summed E-state index contributed by atoms with van der Waals surface area (Å²) in [4.78, 5) is 16.3. The van der Waals surface area contributed by atoms with Crippen molar-refractivity contribution >= 4 is 29.5 Å². The van der Waals surface area contributed by atoms with Gasteiger partial charge >= 0.3 is 5.97 Å². The van der Waals surface area contributed by atoms with Crippen molar-refractivity contribution in [3.05, 3.63) is 64.3 Å². The number of benzene rings is 2. The van der Waals surface area contributed by atoms with Crippen molar-refractivity contribution in [1.82, 2.24) is 0 Å². The van der Waals surface area contributed by atoms with Gasteiger partial charge in [0.15, 0.2) is 17.2 Å². The number of halogens is 1. The average molecular weight is 358 g/mol. The number of nitrogens with zero attached hydrogens (tertiary/aromatic N) is 1. The Morgan fingerprint density at radius 1 is 1.24 bits per heavy atom. The van der Waals surface area contributed by atoms with E-state index >= 15 is 0 Å². The van der Waals surface area contributed by atoms with Crippen LogP contribution >= 0.6 is 11.6 Å². The van der Waals surface area contributed by atoms with Gasteiger partial charge in [-0.2, -0.15) is 0 Å². The molecule has 0 unspecified atom stereocenters. The maximum Gasteiger partial charge on any atom is 0.363 e. The van der Waals surface area contributed by atoms with Crippen LogP contribution in [-0.2, 0) is 9.53 Å². The maximum atomic E-state index is 12.1. The quantitative estimate of drug-likeness (QED) is 0.597. The predicted octanol–water partition coefficient (Wildman–Crippen LogP) is 4.09. The zero-order valence-electron chi connectivity index (χ0n) is 13.8. The molecule has 0 spiro atoms. The minimum absolute atomic E-state index is 0.195. The second-order valence-corrected chi connectivity index (χ2v) is 5.58. The monoisotopic (exact) mass is 357 g/mol. The summed E-state index contributed by atoms with van der Waals surface area (Å²) in [6.45, 7) is 2.33. The third-order valence-electron chi connectivity index (χ3n) is 3.49. The van der Waals surface area contributed by atoms with Crippen molar-refractivity contribution < 1.29 is 19.0 Å². The van der Waals surface area contributed by atoms with E-state index in [0.29, 0.717) is 28.7 Å². The molecule has 1 aliphatic heterocycles. The molecule has 0 fully saturated rings. The standard InChI is InChI=1S/C19H16ClNO4/c1-3-24-17-14(20)9-12(11-16(17)23-2)10-15-19(22)25-18(21-15)13-7-5-4-6-8-13/h4-11H,3H2,1-2H3. The van der Waals surface area contributed by atoms with E-state index in [9.17, 15) is 4.79 Å². The molecule has 0 amide bonds. The summed E-state index contributed by atoms with van der Waals surface area (Å²) in [5.74, 6) is 0.722. The summed E-state index contributed by atoms with van der Waals surface area (Å²) in [5.41, 5.74) is 1.60. The summed E-state index contributed by atoms with van der Waals surface area (Å²) < 4.78 is 16.0. The molecule has 0 saturated heterocycles. The molecule has 0 radical (unpaired) electrons. The highest BCUT2D eigenvalue weighted by Crippen LogP contribution is 2.37. The van der Waals surface area contributed by atoms with Crippen molar-refractivity contribution in [2.75, 3.05) is 13.7 Å². The summed E-state index contributed by atoms with van der Waals surface area (Å²) >= 11 is 6.25. The van der Waals surface area contributed by atoms with E-state index in [1.54, 1.807) is 18.2 Å². The first-order valence-corrected chi connectivity index (χ1v) is 8.08. The largest absolute Gasteiger partial charge is 0.493 e. The van der Waals surface area contributed by atoms with Crippen LogP contribution in [0.15, 0.2) is 53.2 Å². The topological polar surface area (TPSA) is 57.1 Å². The van der Waals surface area contributed by atoms with Crippen LogP contribution in [0.5, 0.6) is 11.5 Å². The van der Waals surface area contributed by atoms with Crippen LogP contribution in [0.1, 0.15) is 18.1 Å². The second kappa shape index (κ2) is 7.40. The Kier molecular flexibility index (Phi) is 5.05. The van der Waals surface area contributed by atoms with E-state index in [1.807, 2.05) is 37.3 Å². The number of esters is 1. The molecule has 25 heavy (non-hydrogen) atoms. The van der Waals surface area contributed by atoms with Gasteiger partial charge in [0.25, 0.3) is 0 Å². The molecule has 1 aliphatic rings. The molecule has 0 aliphatic carbocycles. The molecule has 2 aromatic carbocycles. The number of carbonyl (C=O) groups excluding carboxylic acids is 1. The second-order valence-electron chi connectivity index (χ2n) is 5.17. The van der Waals surface area contributed by atoms with Gasteiger partial charge in [-0.15, -0.1) is 0 Å². The zero-order chi connectivity index (χ0) is 17.8. The summed E-state index contributed by atoms with van der Waals surface area (Å²) in [6.07, 6.45) is 1.60. The average Bonchev–Trinajstić information content (AvgIpc) is 2.98. The van der Waals surface area contributed by atoms with Crippen LogP contribution in [0.4, 0.5) is 0 Å². The summed E-state index contributed by atoms with van der Waals surface area (Å²) in [7, 11) is 1.53. The van der Waals surface area contributed by atoms with Crippen molar-refractivity contribution in [2.24, 2.45) is 4.99 Å². The number of hydrogen-bond acceptors (Lipinski definition) is 5. The zero-order valence-corrected chi connectivity index (χ0v) is 14.5. The lowest BCUT2D eigenvalue weighted by molar-refractivity contribution is -0.129. The number of hydrogen-bond donors (Lipinski definition) is 0. The number of cyclic esters (lactones) is 1. The van der Waals surface area contributed by atoms with Gasteiger partial charge < -0.3 is 14.2 Å². The van der Waals surface area contributed by atoms with E-state index in [-0.39, 0.29) is 11.6 Å². The summed E-state index contributed by atoms with van der Waals surface area (Å²) in [6, 6.07) is 12.6. The molecular formula is C19H16ClNO4. The van der Waals surface area contributed by atoms with E-state index in [0.717, 1.165) is 5.56 Å². The molecule has 0 saturated carbocycles. The van der Waals surface area contributed by atoms with Crippen LogP contribution < -0.4 is 9.47 Å². The highest BCUT2D eigenvalue weighted by molar-refractivity contribution is 6.32. The Morgan fingerprint density at radius 3 is 2.68 bits per heavy atom. The number of ether oxygens (including phenoxy) is 3. The van der Waals surface area contributed by atoms with E-state index < -0.39 is 5.97 Å². The molecule has 1 heterocycles. The third-order valence-corrected chi connectivity index (χ3v) is 3.77. The minimum atomic E-state index is -0.511. The lowest BCUT2D eigenvalue weighted by atomic mass is 10.1. The number of aliphatic imine (C=N–C) groups is 1. The number of rotatable bonds is 5. The van der Waals surface area contributed by atoms with Gasteiger partial charge in [0, 0.05) is 5.56 Å². The molecule has 0 atom stereocenters. The molecule has 5 nitrogen and oxygen atoms in total. The smallest absolute Gasteiger partial charge is 0.363 e. The SMILES string of the molecule is CCOc1c(Cl)cc(C=C2N=C(c3ccccc3)OC2=O)cc1OC. The van der Waals surface area contributed by atoms with Gasteiger partial charge in [-0.05, 0) is 42.8 Å². The van der Waals surface area contributed by atoms with Crippen LogP contribution in [-0.4, -0.2) is 25.6 Å². The third kappa shape index (κ3) is 3.67. The van der Waals surface area contributed by atoms with Crippen molar-refractivity contribution in [3.8, 4) is 11.5 Å². The highest BCUT2D eigenvalue weighted by atomic mass is 35.5. The highest BCUT2D eigenvalue weighted by Gasteiger charge is 2.24. The van der Waals surface area contributed by atoms with Crippen LogP contribution in [0.25, 0.3) is 6.08 Å². The molecule has 6 heteroatoms. The molecule has 2 aromatic rings. The Morgan fingerprint density at radius 2 is 2.00 bits per heavy atom. The first-order chi connectivity index (χ1) is 12.1. The Hall–Kier alpha value is -2.79. The van der Waals surface area contributed by atoms with Gasteiger partial charge in [-0.3, -0.25) is 0 Å². The molecular weight excluding hydrogens is 342 g/mol. The van der Waals surface area contributed by atoms with Crippen LogP contribution in [0.3, 0.4) is 0 Å². The maximum absolute atomic E-state index is 12.1. The fraction of sp³-hybridized carbons (Fsp3) is 0.158. The lowest BCUT2D eigenvalue weighted by Gasteiger charge is -2.11. The Bertz CT molecular complexity index is 859. The van der Waals surface area contributed by atoms with Crippen molar-refractivity contribution in [1.29, 1.82) is 0 Å². The molecule has 0 N–H and O–H groups in total. The fourth-order valence-corrected chi connectivity index (χ4v) is 2.65. The van der Waals surface area contributed by atoms with Gasteiger partial charge in [0.05, 0.1) is 18.7 Å². The molecule has 0 aromatic heterocycles. The van der Waals surface area contributed by atoms with Gasteiger partial charge in [0.2, 0.25) is 5.90 Å². The Balaban J connectivity index is 1.96. The van der Waals surface area contributed by atoms with E-state index in [4.69, 9.17) is 25.8 Å². The first kappa shape index (κ1) is 17.0. The number of carbonyl (C=O) groups is 1. The van der Waals surface area contributed by atoms with E-state index in [2.05, 4.69) is 4.99 Å². The predicted molar refractivity (Wildman–Crippen MR) is 96.2 cm³/mol. The van der Waals surface area contributed by atoms with Crippen molar-refractivity contribution in [3.63, 3.8) is 0 Å². The van der Waals surface area contributed by atoms with Gasteiger partial charge in [-0.25, -0.2) is 9.79 Å². The van der Waals surface area contributed by atoms with E-state index in [1.165, 1.54) is 7.11 Å². The van der Waals surface area contributed by atoms with Gasteiger partial charge in [0.1, 0.15) is 0 Å². The number of methoxy groups -OCH3 is 1. The first-order valence-electron chi connectivity index (χ1n) is 7.70. The van der Waals surface area contributed by atoms with Crippen LogP contribution in [0, 0.1) is 0 Å². The fourth-order valence-electron chi connectivity index (χ4n) is 2.38. The summed E-state index contributed by atoms with van der Waals surface area (Å²) in [5, 5.41) is 0.395. The van der Waals surface area contributed by atoms with Crippen molar-refractivity contribution in [2.45, 2.75) is 6.92 Å². The lowest BCUT2D eigenvalue weighted by Crippen LogP contribution is -2.04.